The van der Waals surface area contributed by atoms with Crippen molar-refractivity contribution >= 4 is 23.4 Å². The molecule has 0 spiro atoms. The number of carbonyl (C=O) groups is 2. The van der Waals surface area contributed by atoms with Crippen molar-refractivity contribution in [1.82, 2.24) is 10.6 Å². The molecule has 5 heteroatoms. The summed E-state index contributed by atoms with van der Waals surface area (Å²) in [7, 11) is 0. The summed E-state index contributed by atoms with van der Waals surface area (Å²) in [5.41, 5.74) is 0.836. The molecular weight excluding hydrogens is 252 g/mol. The summed E-state index contributed by atoms with van der Waals surface area (Å²) < 4.78 is 0. The van der Waals surface area contributed by atoms with E-state index in [0.29, 0.717) is 11.1 Å². The van der Waals surface area contributed by atoms with Crippen LogP contribution in [0.2, 0.25) is 5.02 Å². The van der Waals surface area contributed by atoms with E-state index in [2.05, 4.69) is 10.6 Å². The average molecular weight is 267 g/mol. The van der Waals surface area contributed by atoms with Gasteiger partial charge in [-0.15, -0.1) is 0 Å². The predicted molar refractivity (Wildman–Crippen MR) is 69.3 cm³/mol. The Kier molecular flexibility index (Phi) is 4.20. The van der Waals surface area contributed by atoms with E-state index in [1.807, 2.05) is 6.07 Å². The molecule has 0 aromatic heterocycles. The van der Waals surface area contributed by atoms with Gasteiger partial charge in [0.2, 0.25) is 11.8 Å². The second kappa shape index (κ2) is 5.87. The minimum atomic E-state index is -0.178. The third kappa shape index (κ3) is 4.37. The largest absolute Gasteiger partial charge is 0.352 e. The maximum Gasteiger partial charge on any atom is 0.239 e. The Bertz CT molecular complexity index is 458. The van der Waals surface area contributed by atoms with Crippen LogP contribution in [0.3, 0.4) is 0 Å². The van der Waals surface area contributed by atoms with E-state index in [0.717, 1.165) is 18.4 Å². The van der Waals surface area contributed by atoms with Gasteiger partial charge in [-0.05, 0) is 30.5 Å². The number of hydrogen-bond donors (Lipinski definition) is 2. The van der Waals surface area contributed by atoms with E-state index in [1.54, 1.807) is 18.2 Å². The van der Waals surface area contributed by atoms with E-state index in [1.165, 1.54) is 0 Å². The molecule has 2 amide bonds. The zero-order valence-electron chi connectivity index (χ0n) is 9.91. The van der Waals surface area contributed by atoms with Gasteiger partial charge in [0.05, 0.1) is 13.0 Å². The highest BCUT2D eigenvalue weighted by molar-refractivity contribution is 6.30. The van der Waals surface area contributed by atoms with E-state index in [-0.39, 0.29) is 24.8 Å². The van der Waals surface area contributed by atoms with Crippen molar-refractivity contribution in [3.05, 3.63) is 34.9 Å². The number of rotatable bonds is 5. The topological polar surface area (TPSA) is 58.2 Å². The number of carbonyl (C=O) groups excluding carboxylic acids is 2. The lowest BCUT2D eigenvalue weighted by Gasteiger charge is -2.06. The van der Waals surface area contributed by atoms with Crippen LogP contribution in [0.15, 0.2) is 24.3 Å². The predicted octanol–water partition coefficient (Wildman–Crippen LogP) is 1.28. The molecule has 4 nitrogen and oxygen atoms in total. The minimum absolute atomic E-state index is 0.0376. The molecule has 0 heterocycles. The molecule has 1 fully saturated rings. The van der Waals surface area contributed by atoms with Gasteiger partial charge in [0.1, 0.15) is 0 Å². The maximum atomic E-state index is 11.6. The zero-order chi connectivity index (χ0) is 13.0. The van der Waals surface area contributed by atoms with Crippen molar-refractivity contribution in [3.8, 4) is 0 Å². The van der Waals surface area contributed by atoms with Gasteiger partial charge < -0.3 is 10.6 Å². The number of hydrogen-bond acceptors (Lipinski definition) is 2. The molecule has 2 rings (SSSR count). The Balaban J connectivity index is 1.72. The van der Waals surface area contributed by atoms with Gasteiger partial charge in [0.15, 0.2) is 0 Å². The first-order valence-corrected chi connectivity index (χ1v) is 6.32. The summed E-state index contributed by atoms with van der Waals surface area (Å²) in [6.45, 7) is 0.0376. The highest BCUT2D eigenvalue weighted by Gasteiger charge is 2.23. The molecule has 1 aliphatic carbocycles. The highest BCUT2D eigenvalue weighted by Crippen LogP contribution is 2.18. The first-order chi connectivity index (χ1) is 8.63. The summed E-state index contributed by atoms with van der Waals surface area (Å²) in [6.07, 6.45) is 2.32. The second-order valence-electron chi connectivity index (χ2n) is 4.43. The highest BCUT2D eigenvalue weighted by atomic mass is 35.5. The van der Waals surface area contributed by atoms with Gasteiger partial charge in [0.25, 0.3) is 0 Å². The Morgan fingerprint density at radius 1 is 1.28 bits per heavy atom. The quantitative estimate of drug-likeness (QED) is 0.843. The fourth-order valence-electron chi connectivity index (χ4n) is 1.58. The van der Waals surface area contributed by atoms with E-state index in [9.17, 15) is 9.59 Å². The normalized spacial score (nSPS) is 14.1. The molecule has 1 aromatic rings. The molecule has 0 unspecified atom stereocenters. The lowest BCUT2D eigenvalue weighted by Crippen LogP contribution is -2.38. The van der Waals surface area contributed by atoms with Gasteiger partial charge in [-0.25, -0.2) is 0 Å². The van der Waals surface area contributed by atoms with E-state index < -0.39 is 0 Å². The summed E-state index contributed by atoms with van der Waals surface area (Å²) in [6, 6.07) is 7.44. The van der Waals surface area contributed by atoms with Crippen molar-refractivity contribution in [1.29, 1.82) is 0 Å². The lowest BCUT2D eigenvalue weighted by atomic mass is 10.1. The SMILES string of the molecule is O=C(Cc1cccc(Cl)c1)NCC(=O)NC1CC1. The van der Waals surface area contributed by atoms with E-state index >= 15 is 0 Å². The van der Waals surface area contributed by atoms with Gasteiger partial charge in [-0.3, -0.25) is 9.59 Å². The van der Waals surface area contributed by atoms with Crippen LogP contribution in [0.5, 0.6) is 0 Å². The molecule has 1 aliphatic rings. The fourth-order valence-corrected chi connectivity index (χ4v) is 1.79. The van der Waals surface area contributed by atoms with Crippen molar-refractivity contribution in [2.45, 2.75) is 25.3 Å². The van der Waals surface area contributed by atoms with Crippen molar-refractivity contribution < 1.29 is 9.59 Å². The number of benzene rings is 1. The third-order valence-electron chi connectivity index (χ3n) is 2.64. The van der Waals surface area contributed by atoms with Crippen LogP contribution in [-0.4, -0.2) is 24.4 Å². The van der Waals surface area contributed by atoms with Gasteiger partial charge in [-0.2, -0.15) is 0 Å². The van der Waals surface area contributed by atoms with Crippen LogP contribution in [0, 0.1) is 0 Å². The first kappa shape index (κ1) is 12.9. The molecule has 18 heavy (non-hydrogen) atoms. The standard InChI is InChI=1S/C13H15ClN2O2/c14-10-3-1-2-9(6-10)7-12(17)15-8-13(18)16-11-4-5-11/h1-3,6,11H,4-5,7-8H2,(H,15,17)(H,16,18). The number of nitrogens with one attached hydrogen (secondary N) is 2. The monoisotopic (exact) mass is 266 g/mol. The average Bonchev–Trinajstić information content (AvgIpc) is 3.10. The van der Waals surface area contributed by atoms with Crippen LogP contribution in [-0.2, 0) is 16.0 Å². The van der Waals surface area contributed by atoms with Crippen molar-refractivity contribution in [2.24, 2.45) is 0 Å². The molecule has 0 radical (unpaired) electrons. The molecule has 0 bridgehead atoms. The van der Waals surface area contributed by atoms with Crippen molar-refractivity contribution in [3.63, 3.8) is 0 Å². The fraction of sp³-hybridized carbons (Fsp3) is 0.385. The second-order valence-corrected chi connectivity index (χ2v) is 4.86. The molecule has 1 saturated carbocycles. The lowest BCUT2D eigenvalue weighted by molar-refractivity contribution is -0.125. The van der Waals surface area contributed by atoms with Crippen LogP contribution in [0.25, 0.3) is 0 Å². The maximum absolute atomic E-state index is 11.6. The van der Waals surface area contributed by atoms with Crippen LogP contribution >= 0.6 is 11.6 Å². The third-order valence-corrected chi connectivity index (χ3v) is 2.88. The molecule has 0 atom stereocenters. The molecule has 0 aliphatic heterocycles. The number of amides is 2. The smallest absolute Gasteiger partial charge is 0.239 e. The molecule has 0 saturated heterocycles. The molecule has 2 N–H and O–H groups in total. The van der Waals surface area contributed by atoms with Crippen molar-refractivity contribution in [2.75, 3.05) is 6.54 Å². The summed E-state index contributed by atoms with van der Waals surface area (Å²) >= 11 is 5.82. The first-order valence-electron chi connectivity index (χ1n) is 5.94. The zero-order valence-corrected chi connectivity index (χ0v) is 10.7. The van der Waals surface area contributed by atoms with Gasteiger partial charge >= 0.3 is 0 Å². The summed E-state index contributed by atoms with van der Waals surface area (Å²) in [5.74, 6) is -0.305. The van der Waals surface area contributed by atoms with Crippen LogP contribution in [0.4, 0.5) is 0 Å². The molecule has 1 aromatic carbocycles. The van der Waals surface area contributed by atoms with Crippen LogP contribution in [0.1, 0.15) is 18.4 Å². The minimum Gasteiger partial charge on any atom is -0.352 e. The molecular formula is C13H15ClN2O2. The van der Waals surface area contributed by atoms with Crippen LogP contribution < -0.4 is 10.6 Å². The molecule has 96 valence electrons. The Morgan fingerprint density at radius 2 is 2.06 bits per heavy atom. The Labute approximate surface area is 111 Å². The van der Waals surface area contributed by atoms with Gasteiger partial charge in [-0.1, -0.05) is 23.7 Å². The van der Waals surface area contributed by atoms with E-state index in [4.69, 9.17) is 11.6 Å². The summed E-state index contributed by atoms with van der Waals surface area (Å²) in [4.78, 5) is 23.0. The summed E-state index contributed by atoms with van der Waals surface area (Å²) in [5, 5.41) is 6.00. The Morgan fingerprint density at radius 3 is 2.72 bits per heavy atom. The van der Waals surface area contributed by atoms with Gasteiger partial charge in [0, 0.05) is 11.1 Å². The Hall–Kier alpha value is -1.55. The number of halogens is 1.